The van der Waals surface area contributed by atoms with Crippen LogP contribution in [0.5, 0.6) is 5.75 Å². The second-order valence-corrected chi connectivity index (χ2v) is 4.47. The first-order chi connectivity index (χ1) is 9.19. The fraction of sp³-hybridized carbons (Fsp3) is 0.429. The smallest absolute Gasteiger partial charge is 0.410 e. The Kier molecular flexibility index (Phi) is 4.39. The summed E-state index contributed by atoms with van der Waals surface area (Å²) in [6, 6.07) is 7.34. The molecule has 102 valence electrons. The molecule has 19 heavy (non-hydrogen) atoms. The van der Waals surface area contributed by atoms with E-state index in [4.69, 9.17) is 9.47 Å². The summed E-state index contributed by atoms with van der Waals surface area (Å²) in [7, 11) is 1.59. The van der Waals surface area contributed by atoms with Crippen LogP contribution in [-0.2, 0) is 16.1 Å². The summed E-state index contributed by atoms with van der Waals surface area (Å²) in [6.07, 6.45) is 0.836. The molecular formula is C14H17NO4. The number of rotatable bonds is 3. The second-order valence-electron chi connectivity index (χ2n) is 4.47. The summed E-state index contributed by atoms with van der Waals surface area (Å²) >= 11 is 0. The minimum atomic E-state index is -0.434. The van der Waals surface area contributed by atoms with Gasteiger partial charge in [0.25, 0.3) is 0 Å². The number of benzene rings is 1. The molecule has 1 aromatic rings. The van der Waals surface area contributed by atoms with Gasteiger partial charge in [0.15, 0.2) is 5.78 Å². The van der Waals surface area contributed by atoms with Crippen LogP contribution in [0.4, 0.5) is 4.79 Å². The maximum absolute atomic E-state index is 11.8. The summed E-state index contributed by atoms with van der Waals surface area (Å²) in [5.41, 5.74) is 0.857. The summed E-state index contributed by atoms with van der Waals surface area (Å²) in [5.74, 6) is 0.811. The molecule has 0 radical (unpaired) electrons. The maximum atomic E-state index is 11.8. The van der Waals surface area contributed by atoms with Gasteiger partial charge in [-0.2, -0.15) is 0 Å². The minimum Gasteiger partial charge on any atom is -0.497 e. The number of methoxy groups -OCH3 is 1. The number of carbonyl (C=O) groups is 2. The standard InChI is InChI=1S/C14H17NO4/c1-18-13-6-2-4-11(8-13)10-19-14(17)15-7-3-5-12(16)9-15/h2,4,6,8H,3,5,7,9-10H2,1H3. The maximum Gasteiger partial charge on any atom is 0.410 e. The van der Waals surface area contributed by atoms with Crippen molar-refractivity contribution in [1.29, 1.82) is 0 Å². The molecule has 0 N–H and O–H groups in total. The lowest BCUT2D eigenvalue weighted by Gasteiger charge is -2.24. The number of carbonyl (C=O) groups excluding carboxylic acids is 2. The van der Waals surface area contributed by atoms with Gasteiger partial charge in [0.2, 0.25) is 0 Å². The Labute approximate surface area is 112 Å². The van der Waals surface area contributed by atoms with Gasteiger partial charge in [-0.25, -0.2) is 4.79 Å². The first-order valence-corrected chi connectivity index (χ1v) is 6.25. The second kappa shape index (κ2) is 6.22. The van der Waals surface area contributed by atoms with Crippen LogP contribution in [0.1, 0.15) is 18.4 Å². The van der Waals surface area contributed by atoms with Crippen LogP contribution in [0.3, 0.4) is 0 Å². The average molecular weight is 263 g/mol. The topological polar surface area (TPSA) is 55.8 Å². The van der Waals surface area contributed by atoms with Gasteiger partial charge < -0.3 is 14.4 Å². The molecule has 1 aromatic carbocycles. The van der Waals surface area contributed by atoms with Crippen LogP contribution in [0.2, 0.25) is 0 Å². The lowest BCUT2D eigenvalue weighted by molar-refractivity contribution is -0.121. The van der Waals surface area contributed by atoms with E-state index in [1.54, 1.807) is 7.11 Å². The van der Waals surface area contributed by atoms with E-state index in [1.165, 1.54) is 4.90 Å². The third kappa shape index (κ3) is 3.71. The zero-order chi connectivity index (χ0) is 13.7. The number of hydrogen-bond acceptors (Lipinski definition) is 4. The third-order valence-electron chi connectivity index (χ3n) is 3.01. The van der Waals surface area contributed by atoms with Gasteiger partial charge in [-0.05, 0) is 24.1 Å². The van der Waals surface area contributed by atoms with Crippen molar-refractivity contribution >= 4 is 11.9 Å². The molecule has 1 amide bonds. The monoisotopic (exact) mass is 263 g/mol. The SMILES string of the molecule is COc1cccc(COC(=O)N2CCCC(=O)C2)c1. The molecule has 1 fully saturated rings. The van der Waals surface area contributed by atoms with Crippen LogP contribution < -0.4 is 4.74 Å². The molecule has 1 aliphatic rings. The van der Waals surface area contributed by atoms with Crippen molar-refractivity contribution < 1.29 is 19.1 Å². The Morgan fingerprint density at radius 3 is 3.00 bits per heavy atom. The van der Waals surface area contributed by atoms with Gasteiger partial charge in [-0.1, -0.05) is 12.1 Å². The lowest BCUT2D eigenvalue weighted by atomic mass is 10.1. The Bertz CT molecular complexity index is 472. The van der Waals surface area contributed by atoms with Gasteiger partial charge >= 0.3 is 6.09 Å². The Balaban J connectivity index is 1.87. The quantitative estimate of drug-likeness (QED) is 0.837. The minimum absolute atomic E-state index is 0.0876. The van der Waals surface area contributed by atoms with Crippen molar-refractivity contribution in [2.75, 3.05) is 20.2 Å². The van der Waals surface area contributed by atoms with Gasteiger partial charge in [0.1, 0.15) is 12.4 Å². The van der Waals surface area contributed by atoms with Crippen molar-refractivity contribution in [3.05, 3.63) is 29.8 Å². The molecule has 1 saturated heterocycles. The Hall–Kier alpha value is -2.04. The Morgan fingerprint density at radius 1 is 1.42 bits per heavy atom. The van der Waals surface area contributed by atoms with E-state index in [9.17, 15) is 9.59 Å². The number of likely N-dealkylation sites (tertiary alicyclic amines) is 1. The first-order valence-electron chi connectivity index (χ1n) is 6.25. The van der Waals surface area contributed by atoms with E-state index in [2.05, 4.69) is 0 Å². The van der Waals surface area contributed by atoms with Crippen LogP contribution in [0.25, 0.3) is 0 Å². The molecule has 0 aliphatic carbocycles. The lowest BCUT2D eigenvalue weighted by Crippen LogP contribution is -2.40. The van der Waals surface area contributed by atoms with Crippen LogP contribution in [-0.4, -0.2) is 37.0 Å². The average Bonchev–Trinajstić information content (AvgIpc) is 2.45. The largest absolute Gasteiger partial charge is 0.497 e. The summed E-state index contributed by atoms with van der Waals surface area (Å²) in [5, 5.41) is 0. The molecule has 0 aromatic heterocycles. The van der Waals surface area contributed by atoms with E-state index >= 15 is 0 Å². The molecule has 0 spiro atoms. The van der Waals surface area contributed by atoms with Crippen molar-refractivity contribution in [3.8, 4) is 5.75 Å². The van der Waals surface area contributed by atoms with E-state index in [-0.39, 0.29) is 18.9 Å². The molecule has 2 rings (SSSR count). The van der Waals surface area contributed by atoms with Gasteiger partial charge in [0.05, 0.1) is 13.7 Å². The van der Waals surface area contributed by atoms with Crippen molar-refractivity contribution in [2.24, 2.45) is 0 Å². The third-order valence-corrected chi connectivity index (χ3v) is 3.01. The molecule has 5 nitrogen and oxygen atoms in total. The first kappa shape index (κ1) is 13.4. The van der Waals surface area contributed by atoms with Crippen LogP contribution in [0.15, 0.2) is 24.3 Å². The van der Waals surface area contributed by atoms with Crippen LogP contribution in [0, 0.1) is 0 Å². The van der Waals surface area contributed by atoms with Crippen LogP contribution >= 0.6 is 0 Å². The number of ether oxygens (including phenoxy) is 2. The van der Waals surface area contributed by atoms with Crippen molar-refractivity contribution in [2.45, 2.75) is 19.4 Å². The fourth-order valence-electron chi connectivity index (χ4n) is 1.99. The highest BCUT2D eigenvalue weighted by atomic mass is 16.6. The molecule has 5 heteroatoms. The van der Waals surface area contributed by atoms with Crippen molar-refractivity contribution in [1.82, 2.24) is 4.90 Å². The number of Topliss-reactive ketones (excluding diaryl/α,β-unsaturated/α-hetero) is 1. The number of hydrogen-bond donors (Lipinski definition) is 0. The van der Waals surface area contributed by atoms with E-state index < -0.39 is 6.09 Å². The summed E-state index contributed by atoms with van der Waals surface area (Å²) < 4.78 is 10.3. The predicted molar refractivity (Wildman–Crippen MR) is 69.0 cm³/mol. The van der Waals surface area contributed by atoms with E-state index in [1.807, 2.05) is 24.3 Å². The molecule has 0 atom stereocenters. The molecule has 1 aliphatic heterocycles. The zero-order valence-electron chi connectivity index (χ0n) is 10.9. The fourth-order valence-corrected chi connectivity index (χ4v) is 1.99. The molecule has 0 bridgehead atoms. The highest BCUT2D eigenvalue weighted by Gasteiger charge is 2.22. The summed E-state index contributed by atoms with van der Waals surface area (Å²) in [4.78, 5) is 24.5. The highest BCUT2D eigenvalue weighted by Crippen LogP contribution is 2.14. The Morgan fingerprint density at radius 2 is 2.26 bits per heavy atom. The predicted octanol–water partition coefficient (Wildman–Crippen LogP) is 2.00. The molecular weight excluding hydrogens is 246 g/mol. The summed E-state index contributed by atoms with van der Waals surface area (Å²) in [6.45, 7) is 0.931. The van der Waals surface area contributed by atoms with Gasteiger partial charge in [0, 0.05) is 13.0 Å². The number of amides is 1. The van der Waals surface area contributed by atoms with Gasteiger partial charge in [-0.15, -0.1) is 0 Å². The highest BCUT2D eigenvalue weighted by molar-refractivity contribution is 5.85. The number of nitrogens with zero attached hydrogens (tertiary/aromatic N) is 1. The zero-order valence-corrected chi connectivity index (χ0v) is 10.9. The van der Waals surface area contributed by atoms with Gasteiger partial charge in [-0.3, -0.25) is 4.79 Å². The number of piperidine rings is 1. The normalized spacial score (nSPS) is 15.2. The van der Waals surface area contributed by atoms with E-state index in [0.717, 1.165) is 11.3 Å². The van der Waals surface area contributed by atoms with E-state index in [0.29, 0.717) is 19.4 Å². The molecule has 0 saturated carbocycles. The number of ketones is 1. The van der Waals surface area contributed by atoms with Crippen molar-refractivity contribution in [3.63, 3.8) is 0 Å². The molecule has 0 unspecified atom stereocenters. The molecule has 1 heterocycles.